The highest BCUT2D eigenvalue weighted by molar-refractivity contribution is 5.86. The van der Waals surface area contributed by atoms with Gasteiger partial charge in [-0.05, 0) is 27.2 Å². The zero-order valence-electron chi connectivity index (χ0n) is 11.6. The van der Waals surface area contributed by atoms with Gasteiger partial charge in [-0.2, -0.15) is 0 Å². The number of hydrogen-bond acceptors (Lipinski definition) is 2. The summed E-state index contributed by atoms with van der Waals surface area (Å²) >= 11 is 0. The van der Waals surface area contributed by atoms with Crippen LogP contribution in [0.1, 0.15) is 40.5 Å². The molecule has 0 atom stereocenters. The van der Waals surface area contributed by atoms with Crippen LogP contribution >= 0.6 is 0 Å². The minimum atomic E-state index is -0.277. The number of nitrogens with zero attached hydrogens (tertiary/aromatic N) is 1. The molecule has 0 N–H and O–H groups in total. The Labute approximate surface area is 112 Å². The van der Waals surface area contributed by atoms with Crippen molar-refractivity contribution in [1.29, 1.82) is 0 Å². The molecule has 0 bridgehead atoms. The van der Waals surface area contributed by atoms with Gasteiger partial charge in [0.2, 0.25) is 6.73 Å². The number of unbranched alkanes of at least 4 members (excludes halogenated alkanes) is 1. The van der Waals surface area contributed by atoms with E-state index in [1.54, 1.807) is 6.92 Å². The first-order valence-electron chi connectivity index (χ1n) is 6.19. The number of hydrogen-bond donors (Lipinski definition) is 0. The number of carbonyl (C=O) groups is 1. The molecule has 0 radical (unpaired) electrons. The fraction of sp³-hybridized carbons (Fsp3) is 0.769. The zero-order chi connectivity index (χ0) is 12.6. The van der Waals surface area contributed by atoms with Gasteiger partial charge in [-0.1, -0.05) is 19.9 Å². The molecule has 4 heteroatoms. The van der Waals surface area contributed by atoms with Crippen molar-refractivity contribution in [3.63, 3.8) is 0 Å². The van der Waals surface area contributed by atoms with Gasteiger partial charge in [0.1, 0.15) is 0 Å². The molecule has 102 valence electrons. The fourth-order valence-electron chi connectivity index (χ4n) is 1.60. The van der Waals surface area contributed by atoms with Crippen molar-refractivity contribution in [2.24, 2.45) is 0 Å². The normalized spacial score (nSPS) is 10.6. The molecular formula is C13H26ClNO2. The first-order chi connectivity index (χ1) is 7.51. The highest BCUT2D eigenvalue weighted by Gasteiger charge is 2.24. The van der Waals surface area contributed by atoms with Crippen molar-refractivity contribution >= 4 is 5.97 Å². The van der Waals surface area contributed by atoms with Crippen molar-refractivity contribution in [1.82, 2.24) is 0 Å². The van der Waals surface area contributed by atoms with Crippen LogP contribution in [-0.2, 0) is 9.53 Å². The second-order valence-electron chi connectivity index (χ2n) is 4.39. The molecule has 0 heterocycles. The number of esters is 1. The van der Waals surface area contributed by atoms with Crippen LogP contribution in [0.3, 0.4) is 0 Å². The second-order valence-corrected chi connectivity index (χ2v) is 4.39. The molecule has 3 nitrogen and oxygen atoms in total. The van der Waals surface area contributed by atoms with Gasteiger partial charge >= 0.3 is 5.97 Å². The molecule has 0 amide bonds. The van der Waals surface area contributed by atoms with E-state index >= 15 is 0 Å². The molecule has 0 rings (SSSR count). The molecule has 0 aromatic heterocycles. The predicted molar refractivity (Wildman–Crippen MR) is 66.9 cm³/mol. The molecule has 0 unspecified atom stereocenters. The minimum Gasteiger partial charge on any atom is -1.00 e. The van der Waals surface area contributed by atoms with E-state index in [9.17, 15) is 4.79 Å². The molecule has 0 fully saturated rings. The number of ether oxygens (including phenoxy) is 1. The predicted octanol–water partition coefficient (Wildman–Crippen LogP) is -0.276. The quantitative estimate of drug-likeness (QED) is 0.261. The van der Waals surface area contributed by atoms with Gasteiger partial charge in [-0.3, -0.25) is 4.48 Å². The monoisotopic (exact) mass is 263 g/mol. The maximum Gasteiger partial charge on any atom is 0.337 e. The Kier molecular flexibility index (Phi) is 10.5. The molecule has 17 heavy (non-hydrogen) atoms. The fourth-order valence-corrected chi connectivity index (χ4v) is 1.60. The lowest BCUT2D eigenvalue weighted by Crippen LogP contribution is -3.00. The van der Waals surface area contributed by atoms with Crippen molar-refractivity contribution in [3.8, 4) is 0 Å². The third-order valence-electron chi connectivity index (χ3n) is 3.15. The van der Waals surface area contributed by atoms with E-state index in [1.165, 1.54) is 12.8 Å². The largest absolute Gasteiger partial charge is 1.00 e. The number of rotatable bonds is 8. The van der Waals surface area contributed by atoms with E-state index in [4.69, 9.17) is 4.74 Å². The van der Waals surface area contributed by atoms with Crippen LogP contribution in [0.5, 0.6) is 0 Å². The number of quaternary nitrogens is 1. The summed E-state index contributed by atoms with van der Waals surface area (Å²) in [5.41, 5.74) is 0.473. The topological polar surface area (TPSA) is 26.3 Å². The molecule has 0 aromatic rings. The van der Waals surface area contributed by atoms with E-state index in [0.717, 1.165) is 24.1 Å². The Morgan fingerprint density at radius 2 is 1.76 bits per heavy atom. The van der Waals surface area contributed by atoms with E-state index in [-0.39, 0.29) is 18.4 Å². The molecule has 0 saturated heterocycles. The Hall–Kier alpha value is -0.540. The van der Waals surface area contributed by atoms with Crippen LogP contribution in [0.15, 0.2) is 12.2 Å². The smallest absolute Gasteiger partial charge is 0.337 e. The lowest BCUT2D eigenvalue weighted by molar-refractivity contribution is -0.940. The van der Waals surface area contributed by atoms with Gasteiger partial charge in [-0.15, -0.1) is 0 Å². The molecule has 0 spiro atoms. The highest BCUT2D eigenvalue weighted by atomic mass is 35.5. The van der Waals surface area contributed by atoms with Crippen LogP contribution in [0.4, 0.5) is 0 Å². The first kappa shape index (κ1) is 18.8. The van der Waals surface area contributed by atoms with Crippen molar-refractivity contribution in [2.45, 2.75) is 40.5 Å². The van der Waals surface area contributed by atoms with Gasteiger partial charge < -0.3 is 17.1 Å². The summed E-state index contributed by atoms with van der Waals surface area (Å²) in [7, 11) is 0. The summed E-state index contributed by atoms with van der Waals surface area (Å²) in [6.07, 6.45) is 2.35. The minimum absolute atomic E-state index is 0. The average Bonchev–Trinajstić information content (AvgIpc) is 2.29. The first-order valence-corrected chi connectivity index (χ1v) is 6.19. The van der Waals surface area contributed by atoms with Gasteiger partial charge in [0, 0.05) is 5.57 Å². The lowest BCUT2D eigenvalue weighted by atomic mass is 10.2. The summed E-state index contributed by atoms with van der Waals surface area (Å²) in [4.78, 5) is 11.4. The molecular weight excluding hydrogens is 238 g/mol. The van der Waals surface area contributed by atoms with Crippen molar-refractivity contribution in [2.75, 3.05) is 26.4 Å². The third-order valence-corrected chi connectivity index (χ3v) is 3.15. The molecule has 0 aliphatic rings. The van der Waals surface area contributed by atoms with E-state index < -0.39 is 0 Å². The maximum absolute atomic E-state index is 11.4. The molecule has 0 saturated carbocycles. The van der Waals surface area contributed by atoms with Crippen LogP contribution in [0.25, 0.3) is 0 Å². The summed E-state index contributed by atoms with van der Waals surface area (Å²) in [5.74, 6) is -0.277. The standard InChI is InChI=1S/C13H26NO2.ClH/c1-6-9-10-14(7-2,8-3)11-16-13(15)12(4)5;/h4,6-11H2,1-3,5H3;1H/q+1;/p-1. The van der Waals surface area contributed by atoms with Crippen LogP contribution in [-0.4, -0.2) is 36.8 Å². The molecule has 0 aliphatic carbocycles. The zero-order valence-corrected chi connectivity index (χ0v) is 12.3. The Bertz CT molecular complexity index is 238. The van der Waals surface area contributed by atoms with Crippen LogP contribution in [0.2, 0.25) is 0 Å². The number of carbonyl (C=O) groups excluding carboxylic acids is 1. The highest BCUT2D eigenvalue weighted by Crippen LogP contribution is 2.10. The summed E-state index contributed by atoms with van der Waals surface area (Å²) < 4.78 is 6.14. The third kappa shape index (κ3) is 6.69. The number of halogens is 1. The van der Waals surface area contributed by atoms with Crippen molar-refractivity contribution < 1.29 is 26.4 Å². The summed E-state index contributed by atoms with van der Waals surface area (Å²) in [6, 6.07) is 0. The SMILES string of the molecule is C=C(C)C(=O)OC[N+](CC)(CC)CCCC.[Cl-]. The van der Waals surface area contributed by atoms with E-state index in [0.29, 0.717) is 12.3 Å². The average molecular weight is 264 g/mol. The Morgan fingerprint density at radius 1 is 1.24 bits per heavy atom. The summed E-state index contributed by atoms with van der Waals surface area (Å²) in [6.45, 7) is 15.3. The van der Waals surface area contributed by atoms with E-state index in [1.807, 2.05) is 0 Å². The summed E-state index contributed by atoms with van der Waals surface area (Å²) in [5, 5.41) is 0. The van der Waals surface area contributed by atoms with Crippen LogP contribution in [0, 0.1) is 0 Å². The van der Waals surface area contributed by atoms with Gasteiger partial charge in [0.05, 0.1) is 19.6 Å². The maximum atomic E-state index is 11.4. The Balaban J connectivity index is 0. The van der Waals surface area contributed by atoms with Crippen molar-refractivity contribution in [3.05, 3.63) is 12.2 Å². The van der Waals surface area contributed by atoms with E-state index in [2.05, 4.69) is 27.4 Å². The van der Waals surface area contributed by atoms with Gasteiger partial charge in [-0.25, -0.2) is 4.79 Å². The molecule has 0 aliphatic heterocycles. The van der Waals surface area contributed by atoms with Gasteiger partial charge in [0.15, 0.2) is 0 Å². The lowest BCUT2D eigenvalue weighted by Gasteiger charge is -2.35. The molecule has 0 aromatic carbocycles. The Morgan fingerprint density at radius 3 is 2.12 bits per heavy atom. The van der Waals surface area contributed by atoms with Crippen LogP contribution < -0.4 is 12.4 Å². The second kappa shape index (κ2) is 9.49. The van der Waals surface area contributed by atoms with Gasteiger partial charge in [0.25, 0.3) is 0 Å².